The second-order valence-corrected chi connectivity index (χ2v) is 7.08. The van der Waals surface area contributed by atoms with Gasteiger partial charge < -0.3 is 14.8 Å². The Morgan fingerprint density at radius 1 is 1.06 bits per heavy atom. The number of halogens is 3. The first-order valence-corrected chi connectivity index (χ1v) is 9.49. The molecule has 0 atom stereocenters. The first kappa shape index (κ1) is 22.0. The molecule has 0 unspecified atom stereocenters. The fourth-order valence-corrected chi connectivity index (χ4v) is 3.42. The number of non-ortho nitro benzene ring substituents is 1. The van der Waals surface area contributed by atoms with Crippen LogP contribution in [0.15, 0.2) is 30.3 Å². The quantitative estimate of drug-likeness (QED) is 0.336. The second kappa shape index (κ2) is 8.07. The molecule has 2 aromatic carbocycles. The molecule has 0 spiro atoms. The van der Waals surface area contributed by atoms with E-state index in [0.717, 1.165) is 12.1 Å². The molecule has 2 heterocycles. The van der Waals surface area contributed by atoms with E-state index in [1.807, 2.05) is 0 Å². The van der Waals surface area contributed by atoms with Crippen molar-refractivity contribution in [1.29, 1.82) is 0 Å². The van der Waals surface area contributed by atoms with Crippen LogP contribution in [0.25, 0.3) is 16.4 Å². The minimum absolute atomic E-state index is 0.0625. The Bertz CT molecular complexity index is 1390. The Balaban J connectivity index is 1.82. The van der Waals surface area contributed by atoms with Crippen molar-refractivity contribution in [2.75, 3.05) is 19.5 Å². The number of alkyl halides is 3. The molecule has 0 aliphatic rings. The van der Waals surface area contributed by atoms with Gasteiger partial charge in [-0.15, -0.1) is 15.3 Å². The average molecular weight is 462 g/mol. The summed E-state index contributed by atoms with van der Waals surface area (Å²) in [4.78, 5) is 10.3. The van der Waals surface area contributed by atoms with Crippen LogP contribution < -0.4 is 14.8 Å². The first-order valence-electron chi connectivity index (χ1n) is 9.49. The number of fused-ring (bicyclic) bond motifs is 3. The van der Waals surface area contributed by atoms with Crippen LogP contribution in [0, 0.1) is 17.0 Å². The number of nitro benzene ring substituents is 1. The van der Waals surface area contributed by atoms with E-state index in [0.29, 0.717) is 45.6 Å². The summed E-state index contributed by atoms with van der Waals surface area (Å²) in [5.41, 5.74) is -1.25. The zero-order valence-electron chi connectivity index (χ0n) is 17.6. The Labute approximate surface area is 184 Å². The van der Waals surface area contributed by atoms with E-state index >= 15 is 0 Å². The topological polar surface area (TPSA) is 117 Å². The molecule has 172 valence electrons. The summed E-state index contributed by atoms with van der Waals surface area (Å²) < 4.78 is 51.9. The van der Waals surface area contributed by atoms with Gasteiger partial charge in [0.05, 0.1) is 24.7 Å². The number of methoxy groups -OCH3 is 2. The van der Waals surface area contributed by atoms with Crippen molar-refractivity contribution < 1.29 is 27.6 Å². The van der Waals surface area contributed by atoms with Gasteiger partial charge in [0.15, 0.2) is 28.8 Å². The fourth-order valence-electron chi connectivity index (χ4n) is 3.42. The lowest BCUT2D eigenvalue weighted by Crippen LogP contribution is -2.10. The van der Waals surface area contributed by atoms with E-state index in [1.54, 1.807) is 19.1 Å². The number of hydrogen-bond donors (Lipinski definition) is 1. The predicted molar refractivity (Wildman–Crippen MR) is 112 cm³/mol. The molecule has 0 saturated heterocycles. The molecule has 0 aliphatic heterocycles. The molecule has 0 fully saturated rings. The molecule has 0 bridgehead atoms. The van der Waals surface area contributed by atoms with Crippen LogP contribution in [0.3, 0.4) is 0 Å². The molecular formula is C20H17F3N6O4. The number of rotatable bonds is 6. The predicted octanol–water partition coefficient (Wildman–Crippen LogP) is 4.14. The van der Waals surface area contributed by atoms with E-state index in [1.165, 1.54) is 18.7 Å². The molecule has 0 radical (unpaired) electrons. The van der Waals surface area contributed by atoms with Crippen molar-refractivity contribution in [3.63, 3.8) is 0 Å². The Hall–Kier alpha value is -4.16. The van der Waals surface area contributed by atoms with Crippen LogP contribution >= 0.6 is 0 Å². The lowest BCUT2D eigenvalue weighted by atomic mass is 10.1. The maximum absolute atomic E-state index is 13.2. The number of anilines is 1. The molecule has 0 aliphatic carbocycles. The summed E-state index contributed by atoms with van der Waals surface area (Å²) in [5.74, 6) is 1.63. The molecule has 13 heteroatoms. The van der Waals surface area contributed by atoms with Gasteiger partial charge in [0, 0.05) is 29.4 Å². The van der Waals surface area contributed by atoms with Gasteiger partial charge in [-0.1, -0.05) is 0 Å². The van der Waals surface area contributed by atoms with Crippen molar-refractivity contribution >= 4 is 27.9 Å². The number of nitrogens with zero attached hydrogens (tertiary/aromatic N) is 5. The third-order valence-electron chi connectivity index (χ3n) is 4.99. The standard InChI is InChI=1S/C20H17F3N6O4/c1-10-25-26-19-15-8-17(33-3)16(32-2)7-14(15)18(27-28(10)19)24-9-11-4-12(20(21,22)23)6-13(5-11)29(30)31/h4-8H,9H2,1-3H3,(H,24,27). The normalized spacial score (nSPS) is 11.7. The summed E-state index contributed by atoms with van der Waals surface area (Å²) >= 11 is 0. The number of hydrogen-bond acceptors (Lipinski definition) is 8. The molecule has 0 saturated carbocycles. The summed E-state index contributed by atoms with van der Waals surface area (Å²) in [6, 6.07) is 5.79. The Kier molecular flexibility index (Phi) is 5.39. The van der Waals surface area contributed by atoms with Gasteiger partial charge in [-0.25, -0.2) is 0 Å². The Morgan fingerprint density at radius 3 is 2.33 bits per heavy atom. The number of benzene rings is 2. The van der Waals surface area contributed by atoms with Crippen LogP contribution in [0.2, 0.25) is 0 Å². The number of nitrogens with one attached hydrogen (secondary N) is 1. The zero-order chi connectivity index (χ0) is 23.9. The summed E-state index contributed by atoms with van der Waals surface area (Å²) in [7, 11) is 2.95. The summed E-state index contributed by atoms with van der Waals surface area (Å²) in [5, 5.41) is 27.9. The minimum Gasteiger partial charge on any atom is -0.493 e. The van der Waals surface area contributed by atoms with Gasteiger partial charge in [0.2, 0.25) is 0 Å². The van der Waals surface area contributed by atoms with Gasteiger partial charge in [-0.2, -0.15) is 17.7 Å². The van der Waals surface area contributed by atoms with E-state index in [4.69, 9.17) is 9.47 Å². The van der Waals surface area contributed by atoms with Gasteiger partial charge in [-0.05, 0) is 30.7 Å². The summed E-state index contributed by atoms with van der Waals surface area (Å²) in [6.07, 6.45) is -4.73. The van der Waals surface area contributed by atoms with Crippen molar-refractivity contribution in [3.8, 4) is 11.5 Å². The van der Waals surface area contributed by atoms with Crippen LogP contribution in [-0.2, 0) is 12.7 Å². The molecule has 4 rings (SSSR count). The molecule has 2 aromatic heterocycles. The van der Waals surface area contributed by atoms with Crippen LogP contribution in [0.1, 0.15) is 17.0 Å². The SMILES string of the molecule is COc1cc2c(NCc3cc([N+](=O)[O-])cc(C(F)(F)F)c3)nn3c(C)nnc3c2cc1OC. The molecule has 0 amide bonds. The highest BCUT2D eigenvalue weighted by Gasteiger charge is 2.32. The smallest absolute Gasteiger partial charge is 0.416 e. The second-order valence-electron chi connectivity index (χ2n) is 7.08. The number of aryl methyl sites for hydroxylation is 1. The van der Waals surface area contributed by atoms with Crippen LogP contribution in [0.5, 0.6) is 11.5 Å². The monoisotopic (exact) mass is 462 g/mol. The molecule has 33 heavy (non-hydrogen) atoms. The van der Waals surface area contributed by atoms with Crippen molar-refractivity contribution in [2.24, 2.45) is 0 Å². The molecule has 1 N–H and O–H groups in total. The van der Waals surface area contributed by atoms with E-state index in [2.05, 4.69) is 20.6 Å². The van der Waals surface area contributed by atoms with Gasteiger partial charge in [0.1, 0.15) is 0 Å². The average Bonchev–Trinajstić information content (AvgIpc) is 3.16. The maximum Gasteiger partial charge on any atom is 0.416 e. The largest absolute Gasteiger partial charge is 0.493 e. The zero-order valence-corrected chi connectivity index (χ0v) is 17.6. The van der Waals surface area contributed by atoms with Crippen LogP contribution in [0.4, 0.5) is 24.7 Å². The molecule has 4 aromatic rings. The van der Waals surface area contributed by atoms with Crippen molar-refractivity contribution in [1.82, 2.24) is 19.8 Å². The van der Waals surface area contributed by atoms with Crippen molar-refractivity contribution in [3.05, 3.63) is 57.4 Å². The summed E-state index contributed by atoms with van der Waals surface area (Å²) in [6.45, 7) is 1.54. The lowest BCUT2D eigenvalue weighted by Gasteiger charge is -2.14. The Morgan fingerprint density at radius 2 is 1.73 bits per heavy atom. The fraction of sp³-hybridized carbons (Fsp3) is 0.250. The van der Waals surface area contributed by atoms with Gasteiger partial charge >= 0.3 is 6.18 Å². The highest BCUT2D eigenvalue weighted by molar-refractivity contribution is 6.01. The van der Waals surface area contributed by atoms with Gasteiger partial charge in [-0.3, -0.25) is 10.1 Å². The highest BCUT2D eigenvalue weighted by atomic mass is 19.4. The number of ether oxygens (including phenoxy) is 2. The first-order chi connectivity index (χ1) is 15.6. The minimum atomic E-state index is -4.73. The third-order valence-corrected chi connectivity index (χ3v) is 4.99. The van der Waals surface area contributed by atoms with Gasteiger partial charge in [0.25, 0.3) is 5.69 Å². The molecule has 10 nitrogen and oxygen atoms in total. The number of aromatic nitrogens is 4. The van der Waals surface area contributed by atoms with E-state index in [9.17, 15) is 23.3 Å². The van der Waals surface area contributed by atoms with E-state index < -0.39 is 22.4 Å². The van der Waals surface area contributed by atoms with Crippen LogP contribution in [-0.4, -0.2) is 39.0 Å². The van der Waals surface area contributed by atoms with E-state index in [-0.39, 0.29) is 12.1 Å². The van der Waals surface area contributed by atoms with Crippen molar-refractivity contribution in [2.45, 2.75) is 19.6 Å². The molecular weight excluding hydrogens is 445 g/mol. The lowest BCUT2D eigenvalue weighted by molar-refractivity contribution is -0.385. The highest BCUT2D eigenvalue weighted by Crippen LogP contribution is 2.37. The maximum atomic E-state index is 13.2. The third kappa shape index (κ3) is 4.04. The number of nitro groups is 1.